The smallest absolute Gasteiger partial charge is 0.251 e. The van der Waals surface area contributed by atoms with Crippen LogP contribution in [0.1, 0.15) is 21.5 Å². The SMILES string of the molecule is O=C(/C=C/c1ccccc1Cl)Nc1ccc2c(c1)C(=O)NCC2. The van der Waals surface area contributed by atoms with Gasteiger partial charge in [0, 0.05) is 28.9 Å². The third-order valence-corrected chi connectivity index (χ3v) is 3.97. The van der Waals surface area contributed by atoms with Crippen LogP contribution in [-0.2, 0) is 11.2 Å². The first kappa shape index (κ1) is 15.3. The van der Waals surface area contributed by atoms with E-state index in [1.54, 1.807) is 24.3 Å². The van der Waals surface area contributed by atoms with Crippen LogP contribution in [0, 0.1) is 0 Å². The highest BCUT2D eigenvalue weighted by Gasteiger charge is 2.16. The van der Waals surface area contributed by atoms with Gasteiger partial charge in [0.2, 0.25) is 5.91 Å². The Morgan fingerprint density at radius 3 is 2.87 bits per heavy atom. The number of carbonyl (C=O) groups excluding carboxylic acids is 2. The summed E-state index contributed by atoms with van der Waals surface area (Å²) >= 11 is 6.04. The first-order chi connectivity index (χ1) is 11.1. The molecule has 23 heavy (non-hydrogen) atoms. The lowest BCUT2D eigenvalue weighted by Crippen LogP contribution is -2.31. The van der Waals surface area contributed by atoms with E-state index in [4.69, 9.17) is 11.6 Å². The van der Waals surface area contributed by atoms with E-state index in [1.807, 2.05) is 24.3 Å². The van der Waals surface area contributed by atoms with E-state index in [1.165, 1.54) is 6.08 Å². The molecule has 0 saturated heterocycles. The van der Waals surface area contributed by atoms with Crippen molar-refractivity contribution in [2.45, 2.75) is 6.42 Å². The normalized spacial score (nSPS) is 13.5. The molecule has 0 aliphatic carbocycles. The molecule has 0 aromatic heterocycles. The maximum atomic E-state index is 12.0. The van der Waals surface area contributed by atoms with Crippen molar-refractivity contribution in [3.05, 3.63) is 70.3 Å². The summed E-state index contributed by atoms with van der Waals surface area (Å²) in [6, 6.07) is 12.7. The molecule has 1 aliphatic rings. The Hall–Kier alpha value is -2.59. The third kappa shape index (κ3) is 3.60. The lowest BCUT2D eigenvalue weighted by Gasteiger charge is -2.17. The maximum Gasteiger partial charge on any atom is 0.251 e. The first-order valence-electron chi connectivity index (χ1n) is 7.28. The van der Waals surface area contributed by atoms with Crippen molar-refractivity contribution in [3.8, 4) is 0 Å². The summed E-state index contributed by atoms with van der Waals surface area (Å²) in [5, 5.41) is 6.13. The van der Waals surface area contributed by atoms with E-state index >= 15 is 0 Å². The van der Waals surface area contributed by atoms with Gasteiger partial charge < -0.3 is 10.6 Å². The maximum absolute atomic E-state index is 12.0. The summed E-state index contributed by atoms with van der Waals surface area (Å²) in [5.41, 5.74) is 2.98. The van der Waals surface area contributed by atoms with E-state index in [0.717, 1.165) is 17.5 Å². The minimum absolute atomic E-state index is 0.103. The Bertz CT molecular complexity index is 799. The molecule has 2 aromatic carbocycles. The largest absolute Gasteiger partial charge is 0.352 e. The molecule has 0 unspecified atom stereocenters. The average molecular weight is 327 g/mol. The molecule has 0 atom stereocenters. The average Bonchev–Trinajstić information content (AvgIpc) is 2.55. The number of halogens is 1. The van der Waals surface area contributed by atoms with Gasteiger partial charge in [0.25, 0.3) is 5.91 Å². The molecule has 0 fully saturated rings. The molecule has 0 radical (unpaired) electrons. The van der Waals surface area contributed by atoms with Gasteiger partial charge in [0.15, 0.2) is 0 Å². The van der Waals surface area contributed by atoms with Crippen LogP contribution in [0.15, 0.2) is 48.5 Å². The zero-order valence-electron chi connectivity index (χ0n) is 12.3. The van der Waals surface area contributed by atoms with Crippen LogP contribution in [0.4, 0.5) is 5.69 Å². The van der Waals surface area contributed by atoms with E-state index in [2.05, 4.69) is 10.6 Å². The topological polar surface area (TPSA) is 58.2 Å². The zero-order valence-corrected chi connectivity index (χ0v) is 13.1. The summed E-state index contributed by atoms with van der Waals surface area (Å²) in [6.07, 6.45) is 3.88. The summed E-state index contributed by atoms with van der Waals surface area (Å²) in [7, 11) is 0. The van der Waals surface area contributed by atoms with Crippen LogP contribution in [0.3, 0.4) is 0 Å². The molecule has 0 spiro atoms. The fourth-order valence-electron chi connectivity index (χ4n) is 2.45. The second-order valence-electron chi connectivity index (χ2n) is 5.22. The van der Waals surface area contributed by atoms with Crippen molar-refractivity contribution in [2.75, 3.05) is 11.9 Å². The third-order valence-electron chi connectivity index (χ3n) is 3.62. The minimum atomic E-state index is -0.277. The molecule has 1 aliphatic heterocycles. The molecule has 0 saturated carbocycles. The Morgan fingerprint density at radius 2 is 2.04 bits per heavy atom. The van der Waals surface area contributed by atoms with Crippen molar-refractivity contribution in [2.24, 2.45) is 0 Å². The van der Waals surface area contributed by atoms with Crippen LogP contribution in [0.5, 0.6) is 0 Å². The van der Waals surface area contributed by atoms with Crippen molar-refractivity contribution in [1.82, 2.24) is 5.32 Å². The second-order valence-corrected chi connectivity index (χ2v) is 5.63. The number of fused-ring (bicyclic) bond motifs is 1. The van der Waals surface area contributed by atoms with Crippen LogP contribution in [0.25, 0.3) is 6.08 Å². The van der Waals surface area contributed by atoms with Crippen LogP contribution < -0.4 is 10.6 Å². The molecule has 2 aromatic rings. The highest BCUT2D eigenvalue weighted by Crippen LogP contribution is 2.20. The Kier molecular flexibility index (Phi) is 4.44. The van der Waals surface area contributed by atoms with Crippen LogP contribution in [-0.4, -0.2) is 18.4 Å². The van der Waals surface area contributed by atoms with Crippen molar-refractivity contribution in [3.63, 3.8) is 0 Å². The van der Waals surface area contributed by atoms with Gasteiger partial charge in [-0.05, 0) is 41.8 Å². The molecule has 2 amide bonds. The lowest BCUT2D eigenvalue weighted by atomic mass is 10.00. The fourth-order valence-corrected chi connectivity index (χ4v) is 2.65. The van der Waals surface area contributed by atoms with Gasteiger partial charge in [-0.15, -0.1) is 0 Å². The monoisotopic (exact) mass is 326 g/mol. The van der Waals surface area contributed by atoms with E-state index < -0.39 is 0 Å². The number of carbonyl (C=O) groups is 2. The predicted octanol–water partition coefficient (Wildman–Crippen LogP) is 3.28. The Morgan fingerprint density at radius 1 is 1.22 bits per heavy atom. The van der Waals surface area contributed by atoms with Crippen molar-refractivity contribution in [1.29, 1.82) is 0 Å². The van der Waals surface area contributed by atoms with Gasteiger partial charge in [-0.2, -0.15) is 0 Å². The first-order valence-corrected chi connectivity index (χ1v) is 7.66. The lowest BCUT2D eigenvalue weighted by molar-refractivity contribution is -0.111. The van der Waals surface area contributed by atoms with Crippen LogP contribution >= 0.6 is 11.6 Å². The molecule has 116 valence electrons. The molecule has 3 rings (SSSR count). The summed E-state index contributed by atoms with van der Waals surface area (Å²) in [5.74, 6) is -0.380. The van der Waals surface area contributed by atoms with Gasteiger partial charge in [-0.25, -0.2) is 0 Å². The highest BCUT2D eigenvalue weighted by atomic mass is 35.5. The van der Waals surface area contributed by atoms with Gasteiger partial charge in [-0.1, -0.05) is 35.9 Å². The van der Waals surface area contributed by atoms with Gasteiger partial charge in [0.05, 0.1) is 0 Å². The quantitative estimate of drug-likeness (QED) is 0.850. The summed E-state index contributed by atoms with van der Waals surface area (Å²) in [6.45, 7) is 0.651. The minimum Gasteiger partial charge on any atom is -0.352 e. The predicted molar refractivity (Wildman–Crippen MR) is 91.6 cm³/mol. The van der Waals surface area contributed by atoms with Gasteiger partial charge in [0.1, 0.15) is 0 Å². The molecule has 0 bridgehead atoms. The van der Waals surface area contributed by atoms with Crippen molar-refractivity contribution >= 4 is 35.2 Å². The number of hydrogen-bond acceptors (Lipinski definition) is 2. The molecular formula is C18H15ClN2O2. The second kappa shape index (κ2) is 6.67. The Balaban J connectivity index is 1.72. The summed E-state index contributed by atoms with van der Waals surface area (Å²) in [4.78, 5) is 23.8. The van der Waals surface area contributed by atoms with E-state index in [0.29, 0.717) is 22.8 Å². The van der Waals surface area contributed by atoms with Gasteiger partial charge in [-0.3, -0.25) is 9.59 Å². The molecule has 5 heteroatoms. The van der Waals surface area contributed by atoms with Gasteiger partial charge >= 0.3 is 0 Å². The number of anilines is 1. The molecule has 4 nitrogen and oxygen atoms in total. The number of hydrogen-bond donors (Lipinski definition) is 2. The van der Waals surface area contributed by atoms with Crippen LogP contribution in [0.2, 0.25) is 5.02 Å². The summed E-state index contributed by atoms with van der Waals surface area (Å²) < 4.78 is 0. The Labute approximate surface area is 139 Å². The number of benzene rings is 2. The fraction of sp³-hybridized carbons (Fsp3) is 0.111. The molecule has 1 heterocycles. The van der Waals surface area contributed by atoms with E-state index in [9.17, 15) is 9.59 Å². The molecular weight excluding hydrogens is 312 g/mol. The zero-order chi connectivity index (χ0) is 16.2. The van der Waals surface area contributed by atoms with E-state index in [-0.39, 0.29) is 11.8 Å². The highest BCUT2D eigenvalue weighted by molar-refractivity contribution is 6.32. The number of nitrogens with one attached hydrogen (secondary N) is 2. The van der Waals surface area contributed by atoms with Crippen molar-refractivity contribution < 1.29 is 9.59 Å². The number of amides is 2. The number of rotatable bonds is 3. The standard InChI is InChI=1S/C18H15ClN2O2/c19-16-4-2-1-3-13(16)6-8-17(22)21-14-7-5-12-9-10-20-18(23)15(12)11-14/h1-8,11H,9-10H2,(H,20,23)(H,21,22)/b8-6+. The molecule has 2 N–H and O–H groups in total.